The van der Waals surface area contributed by atoms with Crippen LogP contribution in [0.5, 0.6) is 5.75 Å². The molecule has 2 heterocycles. The highest BCUT2D eigenvalue weighted by Gasteiger charge is 2.19. The van der Waals surface area contributed by atoms with Gasteiger partial charge in [0, 0.05) is 57.6 Å². The molecule has 2 aromatic carbocycles. The van der Waals surface area contributed by atoms with Gasteiger partial charge in [-0.15, -0.1) is 0 Å². The van der Waals surface area contributed by atoms with Crippen LogP contribution in [0.1, 0.15) is 37.7 Å². The van der Waals surface area contributed by atoms with Gasteiger partial charge in [0.25, 0.3) is 0 Å². The molecular formula is C27H35Cl2N3O3. The number of unbranched alkanes of at least 4 members (excludes halogenated alkanes) is 2. The van der Waals surface area contributed by atoms with Gasteiger partial charge >= 0.3 is 0 Å². The fraction of sp³-hybridized carbons (Fsp3) is 0.519. The Hall–Kier alpha value is -1.99. The van der Waals surface area contributed by atoms with E-state index in [0.717, 1.165) is 95.2 Å². The molecule has 0 spiro atoms. The Balaban J connectivity index is 0.997. The zero-order valence-corrected chi connectivity index (χ0v) is 21.8. The Morgan fingerprint density at radius 2 is 1.66 bits per heavy atom. The molecule has 0 aromatic heterocycles. The van der Waals surface area contributed by atoms with Gasteiger partial charge in [0.15, 0.2) is 0 Å². The Labute approximate surface area is 218 Å². The van der Waals surface area contributed by atoms with E-state index in [-0.39, 0.29) is 5.91 Å². The summed E-state index contributed by atoms with van der Waals surface area (Å²) in [6.45, 7) is 7.36. The summed E-state index contributed by atoms with van der Waals surface area (Å²) in [4.78, 5) is 16.4. The van der Waals surface area contributed by atoms with Gasteiger partial charge in [0.1, 0.15) is 5.75 Å². The molecule has 35 heavy (non-hydrogen) atoms. The molecule has 6 nitrogen and oxygen atoms in total. The molecule has 190 valence electrons. The smallest absolute Gasteiger partial charge is 0.224 e. The molecule has 8 heteroatoms. The number of anilines is 2. The van der Waals surface area contributed by atoms with Gasteiger partial charge in [0.05, 0.1) is 22.3 Å². The monoisotopic (exact) mass is 519 g/mol. The maximum absolute atomic E-state index is 11.5. The number of halogens is 2. The van der Waals surface area contributed by atoms with Crippen LogP contribution >= 0.6 is 23.2 Å². The minimum atomic E-state index is 0.0774. The number of carbonyl (C=O) groups excluding carboxylic acids is 1. The highest BCUT2D eigenvalue weighted by atomic mass is 35.5. The van der Waals surface area contributed by atoms with Gasteiger partial charge in [-0.3, -0.25) is 9.69 Å². The minimum absolute atomic E-state index is 0.0774. The number of ether oxygens (including phenoxy) is 2. The van der Waals surface area contributed by atoms with Crippen molar-refractivity contribution in [2.45, 2.75) is 38.5 Å². The average Bonchev–Trinajstić information content (AvgIpc) is 2.87. The fourth-order valence-corrected chi connectivity index (χ4v) is 4.94. The summed E-state index contributed by atoms with van der Waals surface area (Å²) in [6, 6.07) is 11.8. The molecule has 0 radical (unpaired) electrons. The van der Waals surface area contributed by atoms with Crippen LogP contribution in [0.3, 0.4) is 0 Å². The fourth-order valence-electron chi connectivity index (χ4n) is 4.53. The number of hydrogen-bond donors (Lipinski definition) is 1. The molecule has 4 rings (SSSR count). The van der Waals surface area contributed by atoms with Crippen LogP contribution in [0, 0.1) is 0 Å². The van der Waals surface area contributed by atoms with Crippen molar-refractivity contribution in [1.82, 2.24) is 4.90 Å². The van der Waals surface area contributed by atoms with Crippen molar-refractivity contribution >= 4 is 40.5 Å². The molecule has 2 aliphatic heterocycles. The van der Waals surface area contributed by atoms with Gasteiger partial charge in [0.2, 0.25) is 5.91 Å². The van der Waals surface area contributed by atoms with Crippen molar-refractivity contribution in [3.05, 3.63) is 52.0 Å². The summed E-state index contributed by atoms with van der Waals surface area (Å²) >= 11 is 12.5. The second-order valence-corrected chi connectivity index (χ2v) is 9.93. The van der Waals surface area contributed by atoms with E-state index in [2.05, 4.69) is 15.1 Å². The van der Waals surface area contributed by atoms with Gasteiger partial charge < -0.3 is 19.7 Å². The number of piperazine rings is 1. The standard InChI is InChI=1S/C27H35Cl2N3O3/c28-23-6-5-7-25(27(23)29)32-15-13-31(14-16-32)12-1-2-17-34-18-3-4-19-35-22-10-8-21-9-11-26(33)30-24(21)20-22/h5-8,10,20H,1-4,9,11-19H2,(H,30,33). The lowest BCUT2D eigenvalue weighted by molar-refractivity contribution is -0.116. The summed E-state index contributed by atoms with van der Waals surface area (Å²) in [5, 5.41) is 4.18. The van der Waals surface area contributed by atoms with Gasteiger partial charge in [-0.2, -0.15) is 0 Å². The molecule has 0 aliphatic carbocycles. The zero-order chi connectivity index (χ0) is 24.5. The largest absolute Gasteiger partial charge is 0.494 e. The number of benzene rings is 2. The first kappa shape index (κ1) is 26.1. The molecule has 1 fully saturated rings. The van der Waals surface area contributed by atoms with E-state index in [0.29, 0.717) is 23.1 Å². The first-order chi connectivity index (χ1) is 17.1. The summed E-state index contributed by atoms with van der Waals surface area (Å²) in [5.74, 6) is 0.886. The molecule has 2 aromatic rings. The van der Waals surface area contributed by atoms with Crippen LogP contribution in [0.4, 0.5) is 11.4 Å². The van der Waals surface area contributed by atoms with E-state index in [4.69, 9.17) is 32.7 Å². The molecule has 0 bridgehead atoms. The van der Waals surface area contributed by atoms with Crippen molar-refractivity contribution in [3.8, 4) is 5.75 Å². The van der Waals surface area contributed by atoms with Crippen LogP contribution in [0.25, 0.3) is 0 Å². The summed E-state index contributed by atoms with van der Waals surface area (Å²) < 4.78 is 11.6. The Morgan fingerprint density at radius 3 is 2.49 bits per heavy atom. The molecule has 0 saturated carbocycles. The number of carbonyl (C=O) groups is 1. The number of fused-ring (bicyclic) bond motifs is 1. The molecule has 1 N–H and O–H groups in total. The lowest BCUT2D eigenvalue weighted by atomic mass is 10.0. The van der Waals surface area contributed by atoms with Crippen LogP contribution in [-0.4, -0.2) is 63.4 Å². The normalized spacial score (nSPS) is 16.2. The molecule has 1 amide bonds. The van der Waals surface area contributed by atoms with Crippen molar-refractivity contribution in [2.24, 2.45) is 0 Å². The van der Waals surface area contributed by atoms with Crippen molar-refractivity contribution in [2.75, 3.05) is 62.8 Å². The van der Waals surface area contributed by atoms with Gasteiger partial charge in [-0.1, -0.05) is 35.3 Å². The quantitative estimate of drug-likeness (QED) is 0.367. The summed E-state index contributed by atoms with van der Waals surface area (Å²) in [7, 11) is 0. The average molecular weight is 521 g/mol. The van der Waals surface area contributed by atoms with E-state index in [1.807, 2.05) is 36.4 Å². The number of nitrogens with zero attached hydrogens (tertiary/aromatic N) is 2. The number of hydrogen-bond acceptors (Lipinski definition) is 5. The van der Waals surface area contributed by atoms with Crippen molar-refractivity contribution in [1.29, 1.82) is 0 Å². The lowest BCUT2D eigenvalue weighted by Gasteiger charge is -2.36. The van der Waals surface area contributed by atoms with E-state index in [1.54, 1.807) is 0 Å². The Bertz CT molecular complexity index is 980. The predicted octanol–water partition coefficient (Wildman–Crippen LogP) is 5.66. The summed E-state index contributed by atoms with van der Waals surface area (Å²) in [6.07, 6.45) is 5.52. The summed E-state index contributed by atoms with van der Waals surface area (Å²) in [5.41, 5.74) is 3.10. The third-order valence-electron chi connectivity index (χ3n) is 6.59. The van der Waals surface area contributed by atoms with Crippen molar-refractivity contribution < 1.29 is 14.3 Å². The van der Waals surface area contributed by atoms with Gasteiger partial charge in [-0.05, 0) is 62.4 Å². The third kappa shape index (κ3) is 7.74. The van der Waals surface area contributed by atoms with E-state index in [9.17, 15) is 4.79 Å². The maximum Gasteiger partial charge on any atom is 0.224 e. The number of amides is 1. The van der Waals surface area contributed by atoms with Crippen LogP contribution in [0.15, 0.2) is 36.4 Å². The van der Waals surface area contributed by atoms with Crippen molar-refractivity contribution in [3.63, 3.8) is 0 Å². The lowest BCUT2D eigenvalue weighted by Crippen LogP contribution is -2.46. The molecule has 0 atom stereocenters. The number of rotatable bonds is 12. The minimum Gasteiger partial charge on any atom is -0.494 e. The second-order valence-electron chi connectivity index (χ2n) is 9.14. The number of aryl methyl sites for hydroxylation is 1. The molecule has 1 saturated heterocycles. The Morgan fingerprint density at radius 1 is 0.886 bits per heavy atom. The SMILES string of the molecule is O=C1CCc2ccc(OCCCCOCCCCN3CCN(c4cccc(Cl)c4Cl)CC3)cc2N1. The number of nitrogens with one attached hydrogen (secondary N) is 1. The highest BCUT2D eigenvalue weighted by Crippen LogP contribution is 2.33. The second kappa shape index (κ2) is 13.4. The molecule has 0 unspecified atom stereocenters. The van der Waals surface area contributed by atoms with Crippen LogP contribution in [0.2, 0.25) is 10.0 Å². The van der Waals surface area contributed by atoms with E-state index in [1.165, 1.54) is 5.56 Å². The van der Waals surface area contributed by atoms with Crippen LogP contribution in [-0.2, 0) is 16.0 Å². The van der Waals surface area contributed by atoms with Gasteiger partial charge in [-0.25, -0.2) is 0 Å². The first-order valence-corrected chi connectivity index (χ1v) is 13.4. The van der Waals surface area contributed by atoms with Crippen LogP contribution < -0.4 is 15.0 Å². The topological polar surface area (TPSA) is 54.0 Å². The maximum atomic E-state index is 11.5. The first-order valence-electron chi connectivity index (χ1n) is 12.6. The van der Waals surface area contributed by atoms with E-state index < -0.39 is 0 Å². The highest BCUT2D eigenvalue weighted by molar-refractivity contribution is 6.43. The predicted molar refractivity (Wildman–Crippen MR) is 143 cm³/mol. The molecule has 2 aliphatic rings. The zero-order valence-electron chi connectivity index (χ0n) is 20.2. The molecular weight excluding hydrogens is 485 g/mol. The van der Waals surface area contributed by atoms with E-state index >= 15 is 0 Å². The third-order valence-corrected chi connectivity index (χ3v) is 7.39. The Kier molecular flexibility index (Phi) is 9.95.